The van der Waals surface area contributed by atoms with Gasteiger partial charge in [-0.1, -0.05) is 12.1 Å². The molecule has 0 saturated carbocycles. The van der Waals surface area contributed by atoms with E-state index in [0.29, 0.717) is 12.1 Å². The van der Waals surface area contributed by atoms with Gasteiger partial charge in [0.1, 0.15) is 0 Å². The predicted molar refractivity (Wildman–Crippen MR) is 71.8 cm³/mol. The largest absolute Gasteiger partial charge is 0.329 e. The molecule has 2 unspecified atom stereocenters. The molecule has 1 aliphatic rings. The van der Waals surface area contributed by atoms with Gasteiger partial charge in [-0.2, -0.15) is 0 Å². The van der Waals surface area contributed by atoms with Crippen molar-refractivity contribution in [3.63, 3.8) is 0 Å². The van der Waals surface area contributed by atoms with Gasteiger partial charge in [0.05, 0.1) is 0 Å². The Labute approximate surface area is 113 Å². The average molecular weight is 269 g/mol. The second-order valence-electron chi connectivity index (χ2n) is 5.21. The highest BCUT2D eigenvalue weighted by atomic mass is 19.2. The monoisotopic (exact) mass is 269 g/mol. The van der Waals surface area contributed by atoms with E-state index in [1.54, 1.807) is 12.1 Å². The first kappa shape index (κ1) is 14.4. The number of nitrogens with zero attached hydrogens (tertiary/aromatic N) is 2. The van der Waals surface area contributed by atoms with Crippen molar-refractivity contribution in [2.45, 2.75) is 19.0 Å². The first-order chi connectivity index (χ1) is 9.04. The van der Waals surface area contributed by atoms with Crippen LogP contribution in [-0.4, -0.2) is 49.1 Å². The van der Waals surface area contributed by atoms with Gasteiger partial charge in [0.2, 0.25) is 0 Å². The normalized spacial score (nSPS) is 23.5. The van der Waals surface area contributed by atoms with Crippen LogP contribution in [0.15, 0.2) is 18.2 Å². The van der Waals surface area contributed by atoms with Crippen molar-refractivity contribution in [1.29, 1.82) is 0 Å². The zero-order valence-electron chi connectivity index (χ0n) is 11.4. The van der Waals surface area contributed by atoms with Gasteiger partial charge in [-0.15, -0.1) is 0 Å². The van der Waals surface area contributed by atoms with E-state index in [-0.39, 0.29) is 12.1 Å². The van der Waals surface area contributed by atoms with Gasteiger partial charge in [0.15, 0.2) is 11.6 Å². The lowest BCUT2D eigenvalue weighted by Gasteiger charge is -2.43. The predicted octanol–water partition coefficient (Wildman–Crippen LogP) is 1.60. The van der Waals surface area contributed by atoms with E-state index in [9.17, 15) is 8.78 Å². The molecular weight excluding hydrogens is 248 g/mol. The minimum Gasteiger partial charge on any atom is -0.329 e. The molecule has 1 fully saturated rings. The molecule has 1 aromatic rings. The molecule has 0 amide bonds. The molecule has 0 spiro atoms. The molecule has 1 aromatic carbocycles. The Balaban J connectivity index is 2.22. The molecule has 3 nitrogen and oxygen atoms in total. The average Bonchev–Trinajstić information content (AvgIpc) is 2.41. The molecule has 1 saturated heterocycles. The molecule has 1 aliphatic heterocycles. The summed E-state index contributed by atoms with van der Waals surface area (Å²) in [6.07, 6.45) is 0. The fraction of sp³-hybridized carbons (Fsp3) is 0.571. The summed E-state index contributed by atoms with van der Waals surface area (Å²) in [5.74, 6) is -1.53. The zero-order chi connectivity index (χ0) is 14.0. The Morgan fingerprint density at radius 2 is 2.11 bits per heavy atom. The van der Waals surface area contributed by atoms with Crippen LogP contribution in [0, 0.1) is 11.6 Å². The van der Waals surface area contributed by atoms with Crippen molar-refractivity contribution < 1.29 is 8.78 Å². The lowest BCUT2D eigenvalue weighted by molar-refractivity contribution is 0.0606. The van der Waals surface area contributed by atoms with Crippen LogP contribution in [0.2, 0.25) is 0 Å². The zero-order valence-corrected chi connectivity index (χ0v) is 11.4. The van der Waals surface area contributed by atoms with Gasteiger partial charge in [0, 0.05) is 43.8 Å². The van der Waals surface area contributed by atoms with Crippen LogP contribution in [0.1, 0.15) is 18.5 Å². The molecule has 2 rings (SSSR count). The Kier molecular flexibility index (Phi) is 4.50. The summed E-state index contributed by atoms with van der Waals surface area (Å²) in [5.41, 5.74) is 6.21. The van der Waals surface area contributed by atoms with E-state index in [0.717, 1.165) is 25.7 Å². The molecule has 0 bridgehead atoms. The molecule has 5 heteroatoms. The highest BCUT2D eigenvalue weighted by Crippen LogP contribution is 2.27. The summed E-state index contributed by atoms with van der Waals surface area (Å²) in [5, 5.41) is 0. The number of halogens is 2. The van der Waals surface area contributed by atoms with E-state index in [1.165, 1.54) is 0 Å². The fourth-order valence-electron chi connectivity index (χ4n) is 2.77. The van der Waals surface area contributed by atoms with Crippen molar-refractivity contribution in [3.05, 3.63) is 35.4 Å². The summed E-state index contributed by atoms with van der Waals surface area (Å²) < 4.78 is 27.2. The van der Waals surface area contributed by atoms with Crippen molar-refractivity contribution in [3.8, 4) is 0 Å². The van der Waals surface area contributed by atoms with Crippen LogP contribution in [-0.2, 0) is 0 Å². The van der Waals surface area contributed by atoms with Crippen LogP contribution in [0.4, 0.5) is 8.78 Å². The van der Waals surface area contributed by atoms with Gasteiger partial charge in [-0.05, 0) is 20.0 Å². The Morgan fingerprint density at radius 1 is 1.37 bits per heavy atom. The third-order valence-corrected chi connectivity index (χ3v) is 3.93. The maximum atomic E-state index is 13.9. The molecule has 0 radical (unpaired) electrons. The highest BCUT2D eigenvalue weighted by molar-refractivity contribution is 5.22. The molecule has 0 aromatic heterocycles. The summed E-state index contributed by atoms with van der Waals surface area (Å²) in [6, 6.07) is 4.36. The van der Waals surface area contributed by atoms with Crippen molar-refractivity contribution in [1.82, 2.24) is 9.80 Å². The maximum absolute atomic E-state index is 13.9. The van der Waals surface area contributed by atoms with Crippen LogP contribution < -0.4 is 5.73 Å². The Hall–Kier alpha value is -1.04. The number of benzene rings is 1. The quantitative estimate of drug-likeness (QED) is 0.904. The molecule has 1 heterocycles. The molecular formula is C14H21F2N3. The number of piperazine rings is 1. The summed E-state index contributed by atoms with van der Waals surface area (Å²) in [4.78, 5) is 4.38. The second-order valence-corrected chi connectivity index (χ2v) is 5.21. The number of hydrogen-bond donors (Lipinski definition) is 1. The van der Waals surface area contributed by atoms with Crippen molar-refractivity contribution in [2.75, 3.05) is 33.2 Å². The summed E-state index contributed by atoms with van der Waals surface area (Å²) >= 11 is 0. The van der Waals surface area contributed by atoms with Crippen LogP contribution in [0.5, 0.6) is 0 Å². The smallest absolute Gasteiger partial charge is 0.163 e. The lowest BCUT2D eigenvalue weighted by atomic mass is 10.0. The van der Waals surface area contributed by atoms with Crippen molar-refractivity contribution in [2.24, 2.45) is 5.73 Å². The number of nitrogens with two attached hydrogens (primary N) is 1. The minimum atomic E-state index is -0.789. The lowest BCUT2D eigenvalue weighted by Crippen LogP contribution is -2.55. The molecule has 0 aliphatic carbocycles. The Bertz CT molecular complexity index is 439. The number of hydrogen-bond acceptors (Lipinski definition) is 3. The van der Waals surface area contributed by atoms with E-state index in [1.807, 2.05) is 14.0 Å². The summed E-state index contributed by atoms with van der Waals surface area (Å²) in [6.45, 7) is 5.02. The van der Waals surface area contributed by atoms with Gasteiger partial charge in [-0.3, -0.25) is 4.90 Å². The molecule has 19 heavy (non-hydrogen) atoms. The molecule has 2 atom stereocenters. The number of likely N-dealkylation sites (N-methyl/N-ethyl adjacent to an activating group) is 1. The first-order valence-corrected chi connectivity index (χ1v) is 6.63. The Morgan fingerprint density at radius 3 is 2.79 bits per heavy atom. The second kappa shape index (κ2) is 5.94. The SMILES string of the molecule is CC(c1cccc(F)c1F)N1CCN(C)CC1CN. The van der Waals surface area contributed by atoms with Gasteiger partial charge in [0.25, 0.3) is 0 Å². The standard InChI is InChI=1S/C14H21F2N3/c1-10(12-4-3-5-13(15)14(12)16)19-7-6-18(2)9-11(19)8-17/h3-5,10-11H,6-9,17H2,1-2H3. The maximum Gasteiger partial charge on any atom is 0.163 e. The van der Waals surface area contributed by atoms with E-state index >= 15 is 0 Å². The van der Waals surface area contributed by atoms with E-state index in [2.05, 4.69) is 9.80 Å². The van der Waals surface area contributed by atoms with Crippen LogP contribution in [0.25, 0.3) is 0 Å². The highest BCUT2D eigenvalue weighted by Gasteiger charge is 2.30. The van der Waals surface area contributed by atoms with Gasteiger partial charge < -0.3 is 10.6 Å². The van der Waals surface area contributed by atoms with Crippen LogP contribution in [0.3, 0.4) is 0 Å². The third-order valence-electron chi connectivity index (χ3n) is 3.93. The minimum absolute atomic E-state index is 0.169. The first-order valence-electron chi connectivity index (χ1n) is 6.63. The van der Waals surface area contributed by atoms with E-state index in [4.69, 9.17) is 5.73 Å². The van der Waals surface area contributed by atoms with Crippen LogP contribution >= 0.6 is 0 Å². The topological polar surface area (TPSA) is 32.5 Å². The molecule has 106 valence electrons. The van der Waals surface area contributed by atoms with Gasteiger partial charge >= 0.3 is 0 Å². The summed E-state index contributed by atoms with van der Waals surface area (Å²) in [7, 11) is 2.05. The molecule has 2 N–H and O–H groups in total. The van der Waals surface area contributed by atoms with Crippen molar-refractivity contribution >= 4 is 0 Å². The number of rotatable bonds is 3. The van der Waals surface area contributed by atoms with Gasteiger partial charge in [-0.25, -0.2) is 8.78 Å². The fourth-order valence-corrected chi connectivity index (χ4v) is 2.77. The third kappa shape index (κ3) is 2.94. The van der Waals surface area contributed by atoms with E-state index < -0.39 is 11.6 Å².